The molecule has 0 unspecified atom stereocenters. The Kier molecular flexibility index (Phi) is 4.96. The number of ether oxygens (including phenoxy) is 1. The van der Waals surface area contributed by atoms with E-state index in [0.717, 1.165) is 23.1 Å². The number of carboxylic acids is 2. The number of Topliss-reactive ketones (excluding diaryl/α,β-unsaturated/α-hetero) is 1. The number of carbonyl (C=O) groups is 3. The van der Waals surface area contributed by atoms with E-state index in [0.29, 0.717) is 30.7 Å². The molecule has 2 saturated carbocycles. The molecule has 36 heavy (non-hydrogen) atoms. The second-order valence-electron chi connectivity index (χ2n) is 11.8. The van der Waals surface area contributed by atoms with Crippen LogP contribution in [-0.2, 0) is 26.2 Å². The first-order valence-corrected chi connectivity index (χ1v) is 12.9. The summed E-state index contributed by atoms with van der Waals surface area (Å²) in [6.45, 7) is 1.79. The van der Waals surface area contributed by atoms with Crippen molar-refractivity contribution in [1.29, 1.82) is 0 Å². The Morgan fingerprint density at radius 2 is 2.03 bits per heavy atom. The van der Waals surface area contributed by atoms with Gasteiger partial charge < -0.3 is 35.0 Å². The third kappa shape index (κ3) is 3.06. The summed E-state index contributed by atoms with van der Waals surface area (Å²) in [7, 11) is 2.21. The minimum absolute atomic E-state index is 0.0460. The maximum Gasteiger partial charge on any atom is 0.326 e. The fourth-order valence-electron chi connectivity index (χ4n) is 7.85. The molecule has 1 saturated heterocycles. The normalized spacial score (nSPS) is 36.6. The molecule has 0 amide bonds. The van der Waals surface area contributed by atoms with Crippen molar-refractivity contribution in [2.45, 2.75) is 80.6 Å². The number of ketones is 1. The lowest BCUT2D eigenvalue weighted by molar-refractivity contribution is -0.950. The zero-order chi connectivity index (χ0) is 25.6. The van der Waals surface area contributed by atoms with Crippen LogP contribution in [0.4, 0.5) is 5.69 Å². The van der Waals surface area contributed by atoms with Gasteiger partial charge in [0.2, 0.25) is 0 Å². The SMILES string of the molecule is C[N@+]1(CC2CC2)CC[C@]23c4c5cc(O)c(N[C@@H](CCC(=O)O)C(=O)O)c4O[C@H]2C(=O)CC[C@@]3(O)[C@H]1C5. The lowest BCUT2D eigenvalue weighted by atomic mass is 9.48. The van der Waals surface area contributed by atoms with Crippen LogP contribution in [0, 0.1) is 5.92 Å². The van der Waals surface area contributed by atoms with Crippen molar-refractivity contribution >= 4 is 23.4 Å². The number of aromatic hydroxyl groups is 1. The third-order valence-electron chi connectivity index (χ3n) is 9.66. The highest BCUT2D eigenvalue weighted by Gasteiger charge is 2.76. The number of aliphatic hydroxyl groups is 1. The van der Waals surface area contributed by atoms with E-state index < -0.39 is 35.1 Å². The molecule has 3 aliphatic carbocycles. The molecule has 1 spiro atoms. The summed E-state index contributed by atoms with van der Waals surface area (Å²) in [5.41, 5.74) is -0.516. The number of hydrogen-bond acceptors (Lipinski definition) is 7. The van der Waals surface area contributed by atoms with Crippen molar-refractivity contribution in [3.8, 4) is 11.5 Å². The molecule has 194 valence electrons. The second-order valence-corrected chi connectivity index (χ2v) is 11.8. The van der Waals surface area contributed by atoms with Crippen molar-refractivity contribution < 1.29 is 44.0 Å². The number of carbonyl (C=O) groups excluding carboxylic acids is 1. The summed E-state index contributed by atoms with van der Waals surface area (Å²) >= 11 is 0. The van der Waals surface area contributed by atoms with Crippen LogP contribution < -0.4 is 10.1 Å². The number of phenols is 1. The van der Waals surface area contributed by atoms with E-state index in [2.05, 4.69) is 12.4 Å². The van der Waals surface area contributed by atoms with Crippen molar-refractivity contribution in [2.75, 3.05) is 25.5 Å². The first-order chi connectivity index (χ1) is 17.0. The van der Waals surface area contributed by atoms with Crippen LogP contribution in [0.2, 0.25) is 0 Å². The summed E-state index contributed by atoms with van der Waals surface area (Å²) in [6.07, 6.45) is 2.61. The third-order valence-corrected chi connectivity index (χ3v) is 9.66. The molecular formula is C26H33N2O8+. The number of aliphatic carboxylic acids is 2. The smallest absolute Gasteiger partial charge is 0.326 e. The van der Waals surface area contributed by atoms with Gasteiger partial charge in [0.1, 0.15) is 29.1 Å². The summed E-state index contributed by atoms with van der Waals surface area (Å²) in [5.74, 6) is -1.79. The van der Waals surface area contributed by atoms with Gasteiger partial charge in [-0.05, 0) is 37.3 Å². The van der Waals surface area contributed by atoms with Crippen molar-refractivity contribution in [2.24, 2.45) is 5.92 Å². The molecule has 5 aliphatic rings. The number of phenolic OH excluding ortho intramolecular Hbond substituents is 1. The van der Waals surface area contributed by atoms with Crippen LogP contribution in [0.25, 0.3) is 0 Å². The van der Waals surface area contributed by atoms with Gasteiger partial charge >= 0.3 is 11.9 Å². The number of quaternary nitrogens is 1. The molecule has 2 bridgehead atoms. The topological polar surface area (TPSA) is 153 Å². The van der Waals surface area contributed by atoms with Gasteiger partial charge in [0, 0.05) is 37.2 Å². The van der Waals surface area contributed by atoms with E-state index in [1.54, 1.807) is 6.07 Å². The average molecular weight is 502 g/mol. The summed E-state index contributed by atoms with van der Waals surface area (Å²) < 4.78 is 7.02. The van der Waals surface area contributed by atoms with Gasteiger partial charge in [-0.25, -0.2) is 4.79 Å². The molecule has 3 fully saturated rings. The van der Waals surface area contributed by atoms with Crippen LogP contribution in [0.15, 0.2) is 6.07 Å². The van der Waals surface area contributed by atoms with Gasteiger partial charge in [-0.2, -0.15) is 0 Å². The van der Waals surface area contributed by atoms with Crippen LogP contribution in [0.5, 0.6) is 11.5 Å². The summed E-state index contributed by atoms with van der Waals surface area (Å²) in [5, 5.41) is 45.0. The molecule has 6 rings (SSSR count). The fourth-order valence-corrected chi connectivity index (χ4v) is 7.85. The number of nitrogens with one attached hydrogen (secondary N) is 1. The van der Waals surface area contributed by atoms with Gasteiger partial charge in [-0.15, -0.1) is 0 Å². The highest BCUT2D eigenvalue weighted by Crippen LogP contribution is 2.66. The average Bonchev–Trinajstić information content (AvgIpc) is 3.53. The molecule has 10 nitrogen and oxygen atoms in total. The molecule has 1 aromatic carbocycles. The number of piperidine rings is 1. The lowest BCUT2D eigenvalue weighted by Gasteiger charge is -2.64. The first-order valence-electron chi connectivity index (χ1n) is 12.9. The van der Waals surface area contributed by atoms with E-state index in [-0.39, 0.29) is 48.3 Å². The molecule has 1 aromatic rings. The van der Waals surface area contributed by atoms with Crippen molar-refractivity contribution in [1.82, 2.24) is 0 Å². The van der Waals surface area contributed by atoms with Gasteiger partial charge in [-0.1, -0.05) is 0 Å². The molecule has 2 aliphatic heterocycles. The number of nitrogens with zero attached hydrogens (tertiary/aromatic N) is 1. The van der Waals surface area contributed by atoms with Gasteiger partial charge in [0.25, 0.3) is 0 Å². The van der Waals surface area contributed by atoms with E-state index in [4.69, 9.17) is 9.84 Å². The molecule has 10 heteroatoms. The highest BCUT2D eigenvalue weighted by atomic mass is 16.5. The van der Waals surface area contributed by atoms with Gasteiger partial charge in [-0.3, -0.25) is 9.59 Å². The van der Waals surface area contributed by atoms with E-state index in [1.165, 1.54) is 12.8 Å². The van der Waals surface area contributed by atoms with E-state index >= 15 is 0 Å². The van der Waals surface area contributed by atoms with Crippen LogP contribution in [0.1, 0.15) is 56.1 Å². The predicted octanol–water partition coefficient (Wildman–Crippen LogP) is 1.40. The predicted molar refractivity (Wildman–Crippen MR) is 126 cm³/mol. The zero-order valence-corrected chi connectivity index (χ0v) is 20.3. The minimum atomic E-state index is -1.28. The van der Waals surface area contributed by atoms with Crippen molar-refractivity contribution in [3.63, 3.8) is 0 Å². The number of carboxylic acid groups (broad SMARTS) is 2. The first kappa shape index (κ1) is 23.5. The molecule has 5 N–H and O–H groups in total. The standard InChI is InChI=1S/C26H32N2O8/c1-28(12-13-2-3-13)9-8-25-20-14-10-17(30)21(27-15(24(33)34)4-5-19(31)32)22(20)36-23(25)16(29)6-7-26(25,35)18(28)11-14/h10,13,15,18,23,27,35H,2-9,11-12H2,1H3,(H2-,30,31,32,33,34)/p+1/t15-,18+,23-,25-,26+,28+/m0/s1. The maximum atomic E-state index is 13.2. The Hall–Kier alpha value is -2.85. The Morgan fingerprint density at radius 3 is 2.69 bits per heavy atom. The van der Waals surface area contributed by atoms with E-state index in [9.17, 15) is 29.7 Å². The minimum Gasteiger partial charge on any atom is -0.506 e. The van der Waals surface area contributed by atoms with Crippen LogP contribution in [-0.4, -0.2) is 86.6 Å². The fraction of sp³-hybridized carbons (Fsp3) is 0.654. The summed E-state index contributed by atoms with van der Waals surface area (Å²) in [6, 6.07) is 0.203. The van der Waals surface area contributed by atoms with Gasteiger partial charge in [0.05, 0.1) is 25.6 Å². The Labute approximate surface area is 208 Å². The van der Waals surface area contributed by atoms with Crippen molar-refractivity contribution in [3.05, 3.63) is 17.2 Å². The Morgan fingerprint density at radius 1 is 1.28 bits per heavy atom. The Bertz CT molecular complexity index is 1180. The zero-order valence-electron chi connectivity index (χ0n) is 20.3. The second kappa shape index (κ2) is 7.58. The monoisotopic (exact) mass is 501 g/mol. The number of likely N-dealkylation sites (N-methyl/N-ethyl adjacent to an activating group) is 1. The Balaban J connectivity index is 1.48. The maximum absolute atomic E-state index is 13.2. The molecular weight excluding hydrogens is 468 g/mol. The molecule has 6 atom stereocenters. The van der Waals surface area contributed by atoms with Crippen LogP contribution >= 0.6 is 0 Å². The largest absolute Gasteiger partial charge is 0.506 e. The number of hydrogen-bond donors (Lipinski definition) is 5. The lowest BCUT2D eigenvalue weighted by Crippen LogP contribution is -2.80. The number of rotatable bonds is 8. The number of likely N-dealkylation sites (tertiary alicyclic amines) is 1. The number of benzene rings is 1. The van der Waals surface area contributed by atoms with E-state index in [1.807, 2.05) is 0 Å². The quantitative estimate of drug-likeness (QED) is 0.263. The van der Waals surface area contributed by atoms with Gasteiger partial charge in [0.15, 0.2) is 17.6 Å². The molecule has 0 radical (unpaired) electrons. The molecule has 2 heterocycles. The highest BCUT2D eigenvalue weighted by molar-refractivity contribution is 5.92. The summed E-state index contributed by atoms with van der Waals surface area (Å²) in [4.78, 5) is 36.1. The molecule has 0 aromatic heterocycles. The number of anilines is 1. The van der Waals surface area contributed by atoms with Crippen LogP contribution in [0.3, 0.4) is 0 Å².